The molecule has 0 unspecified atom stereocenters. The molecule has 4 N–H and O–H groups in total. The topological polar surface area (TPSA) is 119 Å². The van der Waals surface area contributed by atoms with Gasteiger partial charge < -0.3 is 30.3 Å². The van der Waals surface area contributed by atoms with Crippen molar-refractivity contribution < 1.29 is 29.6 Å². The van der Waals surface area contributed by atoms with E-state index in [1.54, 1.807) is 20.8 Å². The van der Waals surface area contributed by atoms with E-state index in [-0.39, 0.29) is 18.9 Å². The number of fused-ring (bicyclic) bond motifs is 1. The van der Waals surface area contributed by atoms with Crippen molar-refractivity contribution in [2.45, 2.75) is 58.7 Å². The zero-order valence-corrected chi connectivity index (χ0v) is 19.3. The second-order valence-electron chi connectivity index (χ2n) is 9.46. The number of benzene rings is 2. The monoisotopic (exact) mass is 446 g/mol. The van der Waals surface area contributed by atoms with E-state index in [2.05, 4.69) is 5.32 Å². The summed E-state index contributed by atoms with van der Waals surface area (Å²) < 4.78 is 5.25. The Kier molecular flexibility index (Phi) is 8.23. The number of carbonyl (C=O) groups is 2. The van der Waals surface area contributed by atoms with Gasteiger partial charge in [0.05, 0.1) is 5.60 Å². The number of aliphatic hydroxyl groups is 2. The first-order chi connectivity index (χ1) is 14.8. The first kappa shape index (κ1) is 25.6. The maximum absolute atomic E-state index is 12.9. The van der Waals surface area contributed by atoms with Crippen LogP contribution in [-0.4, -0.2) is 62.9 Å². The van der Waals surface area contributed by atoms with Crippen LogP contribution in [0.2, 0.25) is 0 Å². The molecule has 2 amide bonds. The van der Waals surface area contributed by atoms with Crippen LogP contribution < -0.4 is 5.32 Å². The lowest BCUT2D eigenvalue weighted by Crippen LogP contribution is -2.56. The molecule has 32 heavy (non-hydrogen) atoms. The third-order valence-electron chi connectivity index (χ3n) is 4.59. The number of carbonyl (C=O) groups excluding carboxylic acids is 1. The highest BCUT2D eigenvalue weighted by Gasteiger charge is 2.35. The summed E-state index contributed by atoms with van der Waals surface area (Å²) in [5.74, 6) is -3.75. The number of carboxylic acid groups (broad SMARTS) is 1. The summed E-state index contributed by atoms with van der Waals surface area (Å²) in [6.45, 7) is 8.36. The molecule has 0 aliphatic heterocycles. The standard InChI is InChI=1S/C24H34N2O6/c1-16(2)14-26(15-24(30,31)32-23(3,4)5)22(29)25-20(21(27)28)13-17-10-11-18-8-6-7-9-19(18)12-17/h6-12,16,20,30-31H,13-15H2,1-5H3,(H,25,29)(H,27,28)/t20-/m0/s1. The predicted octanol–water partition coefficient (Wildman–Crippen LogP) is 2.96. The van der Waals surface area contributed by atoms with E-state index in [0.717, 1.165) is 21.2 Å². The highest BCUT2D eigenvalue weighted by atomic mass is 16.8. The van der Waals surface area contributed by atoms with Gasteiger partial charge in [-0.1, -0.05) is 56.3 Å². The number of amides is 2. The molecule has 8 nitrogen and oxygen atoms in total. The van der Waals surface area contributed by atoms with E-state index in [0.29, 0.717) is 0 Å². The number of hydrogen-bond acceptors (Lipinski definition) is 5. The number of rotatable bonds is 9. The largest absolute Gasteiger partial charge is 0.480 e. The smallest absolute Gasteiger partial charge is 0.326 e. The van der Waals surface area contributed by atoms with Crippen LogP contribution in [0.4, 0.5) is 4.79 Å². The molecule has 0 saturated carbocycles. The van der Waals surface area contributed by atoms with Crippen LogP contribution in [0.25, 0.3) is 10.8 Å². The number of carboxylic acids is 1. The Hall–Kier alpha value is -2.68. The average molecular weight is 447 g/mol. The van der Waals surface area contributed by atoms with Crippen LogP contribution in [0.5, 0.6) is 0 Å². The van der Waals surface area contributed by atoms with E-state index in [9.17, 15) is 24.9 Å². The zero-order chi connectivity index (χ0) is 24.1. The van der Waals surface area contributed by atoms with Crippen LogP contribution in [0, 0.1) is 5.92 Å². The fraction of sp³-hybridized carbons (Fsp3) is 0.500. The van der Waals surface area contributed by atoms with Crippen molar-refractivity contribution >= 4 is 22.8 Å². The third-order valence-corrected chi connectivity index (χ3v) is 4.59. The van der Waals surface area contributed by atoms with Crippen LogP contribution >= 0.6 is 0 Å². The lowest BCUT2D eigenvalue weighted by Gasteiger charge is -2.35. The van der Waals surface area contributed by atoms with E-state index in [1.807, 2.05) is 56.3 Å². The molecule has 2 aromatic rings. The summed E-state index contributed by atoms with van der Waals surface area (Å²) in [6.07, 6.45) is 0.0866. The molecule has 2 aromatic carbocycles. The Morgan fingerprint density at radius 2 is 1.69 bits per heavy atom. The van der Waals surface area contributed by atoms with Crippen LogP contribution in [0.15, 0.2) is 42.5 Å². The second-order valence-corrected chi connectivity index (χ2v) is 9.46. The molecule has 0 aliphatic rings. The molecule has 0 saturated heterocycles. The van der Waals surface area contributed by atoms with Gasteiger partial charge in [0.25, 0.3) is 5.97 Å². The molecule has 0 radical (unpaired) electrons. The lowest BCUT2D eigenvalue weighted by atomic mass is 10.0. The van der Waals surface area contributed by atoms with Crippen LogP contribution in [-0.2, 0) is 16.0 Å². The molecule has 2 rings (SSSR count). The molecule has 8 heteroatoms. The van der Waals surface area contributed by atoms with Crippen molar-refractivity contribution in [3.05, 3.63) is 48.0 Å². The van der Waals surface area contributed by atoms with Crippen molar-refractivity contribution in [2.24, 2.45) is 5.92 Å². The summed E-state index contributed by atoms with van der Waals surface area (Å²) in [5.41, 5.74) is -0.0927. The Labute approximate surface area is 188 Å². The lowest BCUT2D eigenvalue weighted by molar-refractivity contribution is -0.370. The summed E-state index contributed by atoms with van der Waals surface area (Å²) in [7, 11) is 0. The highest BCUT2D eigenvalue weighted by Crippen LogP contribution is 2.19. The van der Waals surface area contributed by atoms with Crippen molar-refractivity contribution in [3.63, 3.8) is 0 Å². The minimum atomic E-state index is -2.58. The van der Waals surface area contributed by atoms with Gasteiger partial charge in [0.15, 0.2) is 0 Å². The van der Waals surface area contributed by atoms with Crippen molar-refractivity contribution in [1.82, 2.24) is 10.2 Å². The minimum Gasteiger partial charge on any atom is -0.480 e. The maximum Gasteiger partial charge on any atom is 0.326 e. The molecule has 0 aliphatic carbocycles. The van der Waals surface area contributed by atoms with Gasteiger partial charge in [-0.3, -0.25) is 0 Å². The summed E-state index contributed by atoms with van der Waals surface area (Å²) in [5, 5.41) is 34.7. The number of aliphatic carboxylic acids is 1. The summed E-state index contributed by atoms with van der Waals surface area (Å²) in [4.78, 5) is 25.9. The molecule has 0 aromatic heterocycles. The zero-order valence-electron chi connectivity index (χ0n) is 19.3. The molecule has 176 valence electrons. The summed E-state index contributed by atoms with van der Waals surface area (Å²) >= 11 is 0. The molecular formula is C24H34N2O6. The quantitative estimate of drug-likeness (QED) is 0.440. The van der Waals surface area contributed by atoms with Gasteiger partial charge in [-0.2, -0.15) is 0 Å². The first-order valence-electron chi connectivity index (χ1n) is 10.7. The number of hydrogen-bond donors (Lipinski definition) is 4. The predicted molar refractivity (Wildman–Crippen MR) is 122 cm³/mol. The average Bonchev–Trinajstić information content (AvgIpc) is 2.64. The van der Waals surface area contributed by atoms with Crippen LogP contribution in [0.3, 0.4) is 0 Å². The SMILES string of the molecule is CC(C)CN(CC(O)(O)OC(C)(C)C)C(=O)N[C@@H](Cc1ccc2ccccc2c1)C(=O)O. The molecule has 0 heterocycles. The van der Waals surface area contributed by atoms with E-state index in [4.69, 9.17) is 4.74 Å². The highest BCUT2D eigenvalue weighted by molar-refractivity contribution is 5.85. The van der Waals surface area contributed by atoms with Crippen LogP contribution in [0.1, 0.15) is 40.2 Å². The van der Waals surface area contributed by atoms with Gasteiger partial charge in [-0.05, 0) is 43.0 Å². The second kappa shape index (κ2) is 10.3. The van der Waals surface area contributed by atoms with Gasteiger partial charge >= 0.3 is 12.0 Å². The van der Waals surface area contributed by atoms with Gasteiger partial charge in [0, 0.05) is 13.0 Å². The number of ether oxygens (including phenoxy) is 1. The summed E-state index contributed by atoms with van der Waals surface area (Å²) in [6, 6.07) is 11.5. The Morgan fingerprint density at radius 1 is 1.06 bits per heavy atom. The van der Waals surface area contributed by atoms with Crippen molar-refractivity contribution in [2.75, 3.05) is 13.1 Å². The van der Waals surface area contributed by atoms with Crippen molar-refractivity contribution in [3.8, 4) is 0 Å². The molecule has 0 bridgehead atoms. The third kappa shape index (κ3) is 8.11. The van der Waals surface area contributed by atoms with Gasteiger partial charge in [-0.15, -0.1) is 0 Å². The minimum absolute atomic E-state index is 0.00922. The number of nitrogens with zero attached hydrogens (tertiary/aromatic N) is 1. The fourth-order valence-corrected chi connectivity index (χ4v) is 3.47. The Balaban J connectivity index is 2.16. The van der Waals surface area contributed by atoms with E-state index >= 15 is 0 Å². The fourth-order valence-electron chi connectivity index (χ4n) is 3.47. The molecule has 0 fully saturated rings. The van der Waals surface area contributed by atoms with Gasteiger partial charge in [-0.25, -0.2) is 9.59 Å². The maximum atomic E-state index is 12.9. The van der Waals surface area contributed by atoms with Gasteiger partial charge in [0.1, 0.15) is 12.6 Å². The van der Waals surface area contributed by atoms with E-state index in [1.165, 1.54) is 0 Å². The Bertz CT molecular complexity index is 935. The molecular weight excluding hydrogens is 412 g/mol. The molecule has 0 spiro atoms. The first-order valence-corrected chi connectivity index (χ1v) is 10.7. The van der Waals surface area contributed by atoms with E-state index < -0.39 is 36.2 Å². The van der Waals surface area contributed by atoms with Gasteiger partial charge in [0.2, 0.25) is 0 Å². The Morgan fingerprint density at radius 3 is 2.25 bits per heavy atom. The number of nitrogens with one attached hydrogen (secondary N) is 1. The normalized spacial score (nSPS) is 13.2. The van der Waals surface area contributed by atoms with Crippen molar-refractivity contribution in [1.29, 1.82) is 0 Å². The molecule has 1 atom stereocenters. The number of urea groups is 1.